The molecule has 52 valence electrons. The fourth-order valence-electron chi connectivity index (χ4n) is 0.311. The molecule has 0 radical (unpaired) electrons. The van der Waals surface area contributed by atoms with E-state index in [0.29, 0.717) is 6.42 Å². The highest BCUT2D eigenvalue weighted by molar-refractivity contribution is 5.89. The molecular formula is C6H10O3. The fraction of sp³-hybridized carbons (Fsp3) is 0.500. The van der Waals surface area contributed by atoms with Crippen molar-refractivity contribution in [1.29, 1.82) is 0 Å². The summed E-state index contributed by atoms with van der Waals surface area (Å²) in [5.74, 6) is -0.108. The Balaban J connectivity index is 3.57. The molecule has 0 atom stereocenters. The van der Waals surface area contributed by atoms with Gasteiger partial charge in [0.15, 0.2) is 12.1 Å². The lowest BCUT2D eigenvalue weighted by Crippen LogP contribution is -1.99. The second kappa shape index (κ2) is 4.23. The molecule has 0 saturated carbocycles. The number of ketones is 1. The molecule has 0 amide bonds. The molecule has 2 N–H and O–H groups in total. The van der Waals surface area contributed by atoms with Crippen LogP contribution in [0.5, 0.6) is 0 Å². The number of allylic oxidation sites excluding steroid dienone is 1. The number of carbonyl (C=O) groups is 1. The number of rotatable bonds is 3. The van der Waals surface area contributed by atoms with E-state index in [1.54, 1.807) is 6.92 Å². The molecule has 0 bridgehead atoms. The van der Waals surface area contributed by atoms with Gasteiger partial charge in [-0.1, -0.05) is 6.92 Å². The van der Waals surface area contributed by atoms with E-state index in [9.17, 15) is 4.79 Å². The van der Waals surface area contributed by atoms with E-state index in [0.717, 1.165) is 12.2 Å². The minimum atomic E-state index is -1.51. The monoisotopic (exact) mass is 130 g/mol. The smallest absolute Gasteiger partial charge is 0.171 e. The average Bonchev–Trinajstić information content (AvgIpc) is 1.83. The van der Waals surface area contributed by atoms with E-state index in [2.05, 4.69) is 0 Å². The van der Waals surface area contributed by atoms with E-state index in [1.165, 1.54) is 0 Å². The molecule has 0 aliphatic carbocycles. The zero-order valence-electron chi connectivity index (χ0n) is 5.24. The van der Waals surface area contributed by atoms with Gasteiger partial charge in [-0.2, -0.15) is 0 Å². The number of aliphatic hydroxyl groups excluding tert-OH is 1. The zero-order valence-corrected chi connectivity index (χ0v) is 5.24. The van der Waals surface area contributed by atoms with Crippen LogP contribution in [0, 0.1) is 0 Å². The third kappa shape index (κ3) is 5.20. The van der Waals surface area contributed by atoms with E-state index in [-0.39, 0.29) is 5.78 Å². The molecule has 0 heterocycles. The van der Waals surface area contributed by atoms with Crippen LogP contribution in [0.1, 0.15) is 13.3 Å². The molecule has 0 aromatic heterocycles. The highest BCUT2D eigenvalue weighted by Gasteiger charge is 1.91. The minimum Gasteiger partial charge on any atom is -0.365 e. The quantitative estimate of drug-likeness (QED) is 0.412. The first-order chi connectivity index (χ1) is 4.16. The topological polar surface area (TPSA) is 57.5 Å². The maximum Gasteiger partial charge on any atom is 0.171 e. The Kier molecular flexibility index (Phi) is 3.92. The van der Waals surface area contributed by atoms with Gasteiger partial charge in [-0.15, -0.1) is 0 Å². The Labute approximate surface area is 53.6 Å². The SMILES string of the molecule is CCC(=O)/C=C/C(O)O. The van der Waals surface area contributed by atoms with Crippen LogP contribution in [0.2, 0.25) is 0 Å². The van der Waals surface area contributed by atoms with Gasteiger partial charge >= 0.3 is 0 Å². The first kappa shape index (κ1) is 8.33. The van der Waals surface area contributed by atoms with Crippen molar-refractivity contribution in [2.75, 3.05) is 0 Å². The van der Waals surface area contributed by atoms with Gasteiger partial charge in [-0.25, -0.2) is 0 Å². The van der Waals surface area contributed by atoms with Gasteiger partial charge in [0.1, 0.15) is 0 Å². The molecule has 0 aromatic rings. The van der Waals surface area contributed by atoms with Crippen molar-refractivity contribution < 1.29 is 15.0 Å². The molecule has 3 heteroatoms. The Morgan fingerprint density at radius 2 is 2.22 bits per heavy atom. The van der Waals surface area contributed by atoms with Crippen LogP contribution >= 0.6 is 0 Å². The third-order valence-electron chi connectivity index (χ3n) is 0.803. The summed E-state index contributed by atoms with van der Waals surface area (Å²) in [6.45, 7) is 1.70. The van der Waals surface area contributed by atoms with E-state index < -0.39 is 6.29 Å². The lowest BCUT2D eigenvalue weighted by molar-refractivity contribution is -0.114. The van der Waals surface area contributed by atoms with Crippen molar-refractivity contribution in [1.82, 2.24) is 0 Å². The first-order valence-corrected chi connectivity index (χ1v) is 2.74. The van der Waals surface area contributed by atoms with Gasteiger partial charge < -0.3 is 10.2 Å². The van der Waals surface area contributed by atoms with Crippen molar-refractivity contribution in [3.05, 3.63) is 12.2 Å². The second-order valence-electron chi connectivity index (χ2n) is 1.59. The molecule has 0 saturated heterocycles. The Bertz CT molecular complexity index is 115. The molecule has 0 unspecified atom stereocenters. The summed E-state index contributed by atoms with van der Waals surface area (Å²) < 4.78 is 0. The van der Waals surface area contributed by atoms with Gasteiger partial charge in [0.2, 0.25) is 0 Å². The van der Waals surface area contributed by atoms with Gasteiger partial charge in [-0.3, -0.25) is 4.79 Å². The number of hydrogen-bond donors (Lipinski definition) is 2. The lowest BCUT2D eigenvalue weighted by Gasteiger charge is -1.90. The zero-order chi connectivity index (χ0) is 7.28. The fourth-order valence-corrected chi connectivity index (χ4v) is 0.311. The highest BCUT2D eigenvalue weighted by atomic mass is 16.5. The Hall–Kier alpha value is -0.670. The summed E-state index contributed by atoms with van der Waals surface area (Å²) in [7, 11) is 0. The van der Waals surface area contributed by atoms with Crippen LogP contribution < -0.4 is 0 Å². The summed E-state index contributed by atoms with van der Waals surface area (Å²) in [6.07, 6.45) is 1.07. The normalized spacial score (nSPS) is 11.1. The highest BCUT2D eigenvalue weighted by Crippen LogP contribution is 1.84. The van der Waals surface area contributed by atoms with E-state index in [4.69, 9.17) is 10.2 Å². The summed E-state index contributed by atoms with van der Waals surface area (Å²) in [5, 5.41) is 16.4. The van der Waals surface area contributed by atoms with Gasteiger partial charge in [-0.05, 0) is 12.2 Å². The van der Waals surface area contributed by atoms with Gasteiger partial charge in [0, 0.05) is 6.42 Å². The van der Waals surface area contributed by atoms with Crippen molar-refractivity contribution in [2.45, 2.75) is 19.6 Å². The summed E-state index contributed by atoms with van der Waals surface area (Å²) in [4.78, 5) is 10.4. The Morgan fingerprint density at radius 1 is 1.67 bits per heavy atom. The molecule has 0 aromatic carbocycles. The lowest BCUT2D eigenvalue weighted by atomic mass is 10.3. The maximum absolute atomic E-state index is 10.4. The number of aliphatic hydroxyl groups is 2. The van der Waals surface area contributed by atoms with Crippen molar-refractivity contribution in [3.8, 4) is 0 Å². The van der Waals surface area contributed by atoms with Crippen molar-refractivity contribution in [2.24, 2.45) is 0 Å². The minimum absolute atomic E-state index is 0.108. The second-order valence-corrected chi connectivity index (χ2v) is 1.59. The van der Waals surface area contributed by atoms with E-state index in [1.807, 2.05) is 0 Å². The molecule has 9 heavy (non-hydrogen) atoms. The third-order valence-corrected chi connectivity index (χ3v) is 0.803. The van der Waals surface area contributed by atoms with Crippen LogP contribution in [0.3, 0.4) is 0 Å². The molecule has 0 rings (SSSR count). The molecular weight excluding hydrogens is 120 g/mol. The average molecular weight is 130 g/mol. The predicted octanol–water partition coefficient (Wildman–Crippen LogP) is -0.168. The predicted molar refractivity (Wildman–Crippen MR) is 32.7 cm³/mol. The number of hydrogen-bond acceptors (Lipinski definition) is 3. The van der Waals surface area contributed by atoms with Crippen LogP contribution in [-0.4, -0.2) is 22.3 Å². The summed E-state index contributed by atoms with van der Waals surface area (Å²) >= 11 is 0. The van der Waals surface area contributed by atoms with Gasteiger partial charge in [0.05, 0.1) is 0 Å². The first-order valence-electron chi connectivity index (χ1n) is 2.74. The van der Waals surface area contributed by atoms with Crippen molar-refractivity contribution >= 4 is 5.78 Å². The standard InChI is InChI=1S/C6H10O3/c1-2-5(7)3-4-6(8)9/h3-4,6,8-9H,2H2,1H3/b4-3+. The molecule has 0 spiro atoms. The Morgan fingerprint density at radius 3 is 2.56 bits per heavy atom. The molecule has 3 nitrogen and oxygen atoms in total. The summed E-state index contributed by atoms with van der Waals surface area (Å²) in [6, 6.07) is 0. The largest absolute Gasteiger partial charge is 0.365 e. The van der Waals surface area contributed by atoms with E-state index >= 15 is 0 Å². The van der Waals surface area contributed by atoms with Crippen molar-refractivity contribution in [3.63, 3.8) is 0 Å². The van der Waals surface area contributed by atoms with Gasteiger partial charge in [0.25, 0.3) is 0 Å². The van der Waals surface area contributed by atoms with Crippen LogP contribution in [0.15, 0.2) is 12.2 Å². The van der Waals surface area contributed by atoms with Crippen LogP contribution in [0.25, 0.3) is 0 Å². The summed E-state index contributed by atoms with van der Waals surface area (Å²) in [5.41, 5.74) is 0. The number of carbonyl (C=O) groups excluding carboxylic acids is 1. The molecule has 0 aliphatic rings. The maximum atomic E-state index is 10.4. The van der Waals surface area contributed by atoms with Crippen LogP contribution in [0.4, 0.5) is 0 Å². The van der Waals surface area contributed by atoms with Crippen LogP contribution in [-0.2, 0) is 4.79 Å². The molecule has 0 fully saturated rings. The molecule has 0 aliphatic heterocycles.